The fraction of sp³-hybridized carbons (Fsp3) is 0.524. The van der Waals surface area contributed by atoms with Crippen molar-refractivity contribution >= 4 is 5.91 Å². The van der Waals surface area contributed by atoms with Gasteiger partial charge < -0.3 is 14.2 Å². The predicted octanol–water partition coefficient (Wildman–Crippen LogP) is 4.01. The van der Waals surface area contributed by atoms with Crippen molar-refractivity contribution in [3.8, 4) is 5.75 Å². The van der Waals surface area contributed by atoms with E-state index in [9.17, 15) is 4.79 Å². The Labute approximate surface area is 156 Å². The van der Waals surface area contributed by atoms with Crippen molar-refractivity contribution in [3.05, 3.63) is 48.0 Å². The van der Waals surface area contributed by atoms with Gasteiger partial charge in [0.1, 0.15) is 11.6 Å². The molecule has 1 aliphatic rings. The average Bonchev–Trinajstić information content (AvgIpc) is 3.13. The van der Waals surface area contributed by atoms with E-state index in [2.05, 4.69) is 20.5 Å². The second kappa shape index (κ2) is 8.88. The summed E-state index contributed by atoms with van der Waals surface area (Å²) in [6, 6.07) is 8.43. The molecule has 0 aliphatic heterocycles. The fourth-order valence-corrected chi connectivity index (χ4v) is 3.77. The lowest BCUT2D eigenvalue weighted by atomic mass is 9.94. The highest BCUT2D eigenvalue weighted by molar-refractivity contribution is 5.76. The molecule has 1 aromatic heterocycles. The minimum atomic E-state index is 0.229. The third-order valence-electron chi connectivity index (χ3n) is 5.24. The van der Waals surface area contributed by atoms with Crippen LogP contribution in [0.2, 0.25) is 0 Å². The quantitative estimate of drug-likeness (QED) is 0.754. The van der Waals surface area contributed by atoms with Gasteiger partial charge in [0.15, 0.2) is 0 Å². The summed E-state index contributed by atoms with van der Waals surface area (Å²) in [7, 11) is 1.68. The molecule has 0 bridgehead atoms. The Morgan fingerprint density at radius 1 is 1.31 bits per heavy atom. The summed E-state index contributed by atoms with van der Waals surface area (Å²) in [4.78, 5) is 19.2. The zero-order valence-electron chi connectivity index (χ0n) is 15.9. The molecule has 0 spiro atoms. The van der Waals surface area contributed by atoms with Crippen molar-refractivity contribution in [1.29, 1.82) is 0 Å². The Bertz CT molecular complexity index is 720. The third-order valence-corrected chi connectivity index (χ3v) is 5.24. The van der Waals surface area contributed by atoms with Crippen LogP contribution in [0, 0.1) is 0 Å². The van der Waals surface area contributed by atoms with Crippen LogP contribution in [0.25, 0.3) is 0 Å². The van der Waals surface area contributed by atoms with Gasteiger partial charge in [0, 0.05) is 31.4 Å². The standard InChI is InChI=1S/C21H29N3O2/c1-3-21(25)24(18-9-5-4-6-10-18)16-20-22-12-13-23(20)15-17-8-7-11-19(14-17)26-2/h7-8,11-14,18H,3-6,9-10,15-16H2,1-2H3. The van der Waals surface area contributed by atoms with E-state index in [1.54, 1.807) is 7.11 Å². The molecule has 5 heteroatoms. The van der Waals surface area contributed by atoms with Crippen molar-refractivity contribution in [2.45, 2.75) is 64.6 Å². The van der Waals surface area contributed by atoms with E-state index in [1.807, 2.05) is 37.5 Å². The van der Waals surface area contributed by atoms with Crippen LogP contribution in [0.5, 0.6) is 5.75 Å². The van der Waals surface area contributed by atoms with Crippen LogP contribution in [-0.2, 0) is 17.9 Å². The maximum Gasteiger partial charge on any atom is 0.222 e. The minimum absolute atomic E-state index is 0.229. The second-order valence-corrected chi connectivity index (χ2v) is 6.99. The molecule has 1 heterocycles. The summed E-state index contributed by atoms with van der Waals surface area (Å²) in [6.07, 6.45) is 10.3. The highest BCUT2D eigenvalue weighted by Gasteiger charge is 2.25. The number of nitrogens with zero attached hydrogens (tertiary/aromatic N) is 3. The van der Waals surface area contributed by atoms with E-state index in [0.29, 0.717) is 19.0 Å². The number of ether oxygens (including phenoxy) is 1. The molecule has 140 valence electrons. The second-order valence-electron chi connectivity index (χ2n) is 6.99. The van der Waals surface area contributed by atoms with Crippen molar-refractivity contribution in [3.63, 3.8) is 0 Å². The Balaban J connectivity index is 1.76. The number of methoxy groups -OCH3 is 1. The molecule has 26 heavy (non-hydrogen) atoms. The van der Waals surface area contributed by atoms with Crippen LogP contribution in [0.3, 0.4) is 0 Å². The van der Waals surface area contributed by atoms with Crippen LogP contribution in [0.15, 0.2) is 36.7 Å². The molecule has 1 aliphatic carbocycles. The van der Waals surface area contributed by atoms with Crippen molar-refractivity contribution in [2.24, 2.45) is 0 Å². The summed E-state index contributed by atoms with van der Waals surface area (Å²) in [5.74, 6) is 2.03. The summed E-state index contributed by atoms with van der Waals surface area (Å²) >= 11 is 0. The molecular weight excluding hydrogens is 326 g/mol. The lowest BCUT2D eigenvalue weighted by molar-refractivity contribution is -0.134. The van der Waals surface area contributed by atoms with Gasteiger partial charge in [0.05, 0.1) is 13.7 Å². The highest BCUT2D eigenvalue weighted by atomic mass is 16.5. The van der Waals surface area contributed by atoms with Crippen molar-refractivity contribution in [2.75, 3.05) is 7.11 Å². The Kier molecular flexibility index (Phi) is 6.31. The molecule has 1 fully saturated rings. The van der Waals surface area contributed by atoms with Gasteiger partial charge in [-0.15, -0.1) is 0 Å². The molecule has 0 radical (unpaired) electrons. The number of aromatic nitrogens is 2. The maximum absolute atomic E-state index is 12.6. The van der Waals surface area contributed by atoms with Gasteiger partial charge in [-0.25, -0.2) is 4.98 Å². The summed E-state index contributed by atoms with van der Waals surface area (Å²) in [5.41, 5.74) is 1.16. The number of benzene rings is 1. The van der Waals surface area contributed by atoms with Crippen molar-refractivity contribution < 1.29 is 9.53 Å². The van der Waals surface area contributed by atoms with E-state index in [4.69, 9.17) is 4.74 Å². The van der Waals surface area contributed by atoms with E-state index < -0.39 is 0 Å². The summed E-state index contributed by atoms with van der Waals surface area (Å²) < 4.78 is 7.45. The molecule has 1 saturated carbocycles. The molecule has 5 nitrogen and oxygen atoms in total. The molecule has 0 atom stereocenters. The molecule has 1 amide bonds. The minimum Gasteiger partial charge on any atom is -0.497 e. The van der Waals surface area contributed by atoms with Gasteiger partial charge in [-0.2, -0.15) is 0 Å². The highest BCUT2D eigenvalue weighted by Crippen LogP contribution is 2.25. The molecule has 0 unspecified atom stereocenters. The van der Waals surface area contributed by atoms with Crippen LogP contribution < -0.4 is 4.74 Å². The first-order valence-electron chi connectivity index (χ1n) is 9.63. The van der Waals surface area contributed by atoms with Gasteiger partial charge in [-0.05, 0) is 30.5 Å². The maximum atomic E-state index is 12.6. The van der Waals surface area contributed by atoms with Gasteiger partial charge in [-0.3, -0.25) is 4.79 Å². The van der Waals surface area contributed by atoms with Gasteiger partial charge >= 0.3 is 0 Å². The Hall–Kier alpha value is -2.30. The normalized spacial score (nSPS) is 15.0. The SMILES string of the molecule is CCC(=O)N(Cc1nccn1Cc1cccc(OC)c1)C1CCCCC1. The lowest BCUT2D eigenvalue weighted by Gasteiger charge is -2.34. The first-order valence-corrected chi connectivity index (χ1v) is 9.63. The van der Waals surface area contributed by atoms with Gasteiger partial charge in [-0.1, -0.05) is 38.3 Å². The first kappa shape index (κ1) is 18.5. The zero-order valence-corrected chi connectivity index (χ0v) is 15.9. The molecule has 0 N–H and O–H groups in total. The fourth-order valence-electron chi connectivity index (χ4n) is 3.77. The van der Waals surface area contributed by atoms with E-state index in [0.717, 1.165) is 36.5 Å². The Morgan fingerprint density at radius 3 is 2.85 bits per heavy atom. The lowest BCUT2D eigenvalue weighted by Crippen LogP contribution is -2.41. The van der Waals surface area contributed by atoms with Crippen molar-refractivity contribution in [1.82, 2.24) is 14.5 Å². The number of rotatable bonds is 7. The molecule has 1 aromatic carbocycles. The topological polar surface area (TPSA) is 47.4 Å². The Morgan fingerprint density at radius 2 is 2.12 bits per heavy atom. The predicted molar refractivity (Wildman–Crippen MR) is 102 cm³/mol. The smallest absolute Gasteiger partial charge is 0.222 e. The monoisotopic (exact) mass is 355 g/mol. The summed E-state index contributed by atoms with van der Waals surface area (Å²) in [5, 5.41) is 0. The number of hydrogen-bond donors (Lipinski definition) is 0. The zero-order chi connectivity index (χ0) is 18.4. The van der Waals surface area contributed by atoms with E-state index in [-0.39, 0.29) is 5.91 Å². The molecule has 0 saturated heterocycles. The first-order chi connectivity index (χ1) is 12.7. The number of carbonyl (C=O) groups excluding carboxylic acids is 1. The molecule has 2 aromatic rings. The van der Waals surface area contributed by atoms with Crippen LogP contribution >= 0.6 is 0 Å². The molecule has 3 rings (SSSR count). The average molecular weight is 355 g/mol. The number of amides is 1. The van der Waals surface area contributed by atoms with E-state index >= 15 is 0 Å². The largest absolute Gasteiger partial charge is 0.497 e. The van der Waals surface area contributed by atoms with Crippen LogP contribution in [0.4, 0.5) is 0 Å². The van der Waals surface area contributed by atoms with Gasteiger partial charge in [0.2, 0.25) is 5.91 Å². The van der Waals surface area contributed by atoms with E-state index in [1.165, 1.54) is 19.3 Å². The number of carbonyl (C=O) groups is 1. The van der Waals surface area contributed by atoms with Gasteiger partial charge in [0.25, 0.3) is 0 Å². The molecular formula is C21H29N3O2. The third kappa shape index (κ3) is 4.45. The summed E-state index contributed by atoms with van der Waals surface area (Å²) in [6.45, 7) is 3.26. The van der Waals surface area contributed by atoms with Crippen LogP contribution in [-0.4, -0.2) is 33.5 Å². The number of imidazole rings is 1. The van der Waals surface area contributed by atoms with Crippen LogP contribution in [0.1, 0.15) is 56.8 Å². The number of hydrogen-bond acceptors (Lipinski definition) is 3.